The largest absolute Gasteiger partial charge is 0.398 e. The summed E-state index contributed by atoms with van der Waals surface area (Å²) >= 11 is 1.05. The van der Waals surface area contributed by atoms with Gasteiger partial charge in [-0.1, -0.05) is 0 Å². The Morgan fingerprint density at radius 2 is 1.58 bits per heavy atom. The summed E-state index contributed by atoms with van der Waals surface area (Å²) in [4.78, 5) is 0. The molecule has 4 N–H and O–H groups in total. The fourth-order valence-corrected chi connectivity index (χ4v) is 5.08. The summed E-state index contributed by atoms with van der Waals surface area (Å²) < 4.78 is 49.2. The Morgan fingerprint density at radius 3 is 2.00 bits per heavy atom. The zero-order chi connectivity index (χ0) is 14.3. The number of anilines is 1. The highest BCUT2D eigenvalue weighted by molar-refractivity contribution is 7.91. The van der Waals surface area contributed by atoms with Gasteiger partial charge in [-0.2, -0.15) is 17.0 Å². The van der Waals surface area contributed by atoms with Crippen LogP contribution in [0.5, 0.6) is 0 Å². The quantitative estimate of drug-likeness (QED) is 0.724. The van der Waals surface area contributed by atoms with Gasteiger partial charge in [-0.15, -0.1) is 11.3 Å². The lowest BCUT2D eigenvalue weighted by atomic mass is 10.4. The molecule has 1 aromatic rings. The molecule has 0 saturated carbocycles. The number of piperazine rings is 1. The van der Waals surface area contributed by atoms with Gasteiger partial charge in [0.1, 0.15) is 4.21 Å². The van der Waals surface area contributed by atoms with Crippen LogP contribution in [0.4, 0.5) is 5.69 Å². The van der Waals surface area contributed by atoms with Crippen LogP contribution >= 0.6 is 11.3 Å². The van der Waals surface area contributed by atoms with Crippen molar-refractivity contribution in [3.63, 3.8) is 0 Å². The molecule has 2 heterocycles. The minimum Gasteiger partial charge on any atom is -0.398 e. The summed E-state index contributed by atoms with van der Waals surface area (Å²) in [5, 5.41) is 6.54. The second-order valence-electron chi connectivity index (χ2n) is 4.05. The average Bonchev–Trinajstić information content (AvgIpc) is 2.76. The van der Waals surface area contributed by atoms with Crippen LogP contribution in [0.15, 0.2) is 15.7 Å². The first-order valence-electron chi connectivity index (χ1n) is 5.33. The summed E-state index contributed by atoms with van der Waals surface area (Å²) in [7, 11) is -7.36. The zero-order valence-electron chi connectivity index (χ0n) is 9.89. The molecule has 0 atom stereocenters. The fraction of sp³-hybridized carbons (Fsp3) is 0.500. The molecule has 2 rings (SSSR count). The number of sulfonamides is 1. The van der Waals surface area contributed by atoms with Gasteiger partial charge in [-0.3, -0.25) is 0 Å². The minimum absolute atomic E-state index is 0.0545. The van der Waals surface area contributed by atoms with E-state index in [4.69, 9.17) is 10.9 Å². The van der Waals surface area contributed by atoms with Gasteiger partial charge in [-0.05, 0) is 6.07 Å². The molecule has 1 aliphatic heterocycles. The predicted octanol–water partition coefficient (Wildman–Crippen LogP) is -1.16. The maximum Gasteiger partial charge on any atom is 0.276 e. The third-order valence-corrected chi connectivity index (χ3v) is 7.16. The molecule has 1 aromatic heterocycles. The Kier molecular flexibility index (Phi) is 3.86. The lowest BCUT2D eigenvalue weighted by molar-refractivity contribution is 0.273. The van der Waals surface area contributed by atoms with E-state index in [1.807, 2.05) is 0 Å². The second kappa shape index (κ2) is 5.00. The topological polar surface area (TPSA) is 127 Å². The first kappa shape index (κ1) is 14.7. The number of nitrogens with two attached hydrogens (primary N) is 2. The Balaban J connectivity index is 2.14. The van der Waals surface area contributed by atoms with Gasteiger partial charge in [0.2, 0.25) is 0 Å². The number of thiophene rings is 1. The molecule has 8 nitrogen and oxygen atoms in total. The van der Waals surface area contributed by atoms with Crippen LogP contribution in [0, 0.1) is 0 Å². The van der Waals surface area contributed by atoms with E-state index in [2.05, 4.69) is 0 Å². The normalized spacial score (nSPS) is 19.6. The van der Waals surface area contributed by atoms with Crippen LogP contribution in [0.2, 0.25) is 0 Å². The fourth-order valence-electron chi connectivity index (χ4n) is 1.76. The predicted molar refractivity (Wildman–Crippen MR) is 72.2 cm³/mol. The molecule has 0 amide bonds. The van der Waals surface area contributed by atoms with Gasteiger partial charge in [0, 0.05) is 37.2 Å². The Bertz CT molecular complexity index is 658. The van der Waals surface area contributed by atoms with E-state index in [0.717, 1.165) is 15.6 Å². The molecule has 108 valence electrons. The molecule has 1 fully saturated rings. The van der Waals surface area contributed by atoms with E-state index in [0.29, 0.717) is 5.69 Å². The van der Waals surface area contributed by atoms with Crippen molar-refractivity contribution < 1.29 is 16.8 Å². The Morgan fingerprint density at radius 1 is 1.05 bits per heavy atom. The van der Waals surface area contributed by atoms with Crippen molar-refractivity contribution in [3.05, 3.63) is 11.4 Å². The van der Waals surface area contributed by atoms with Crippen molar-refractivity contribution in [2.75, 3.05) is 31.9 Å². The van der Waals surface area contributed by atoms with E-state index in [1.54, 1.807) is 5.38 Å². The molecule has 0 bridgehead atoms. The minimum atomic E-state index is -3.76. The Hall–Kier alpha value is -0.720. The summed E-state index contributed by atoms with van der Waals surface area (Å²) in [5.41, 5.74) is 5.90. The Labute approximate surface area is 115 Å². The number of hydrogen-bond acceptors (Lipinski definition) is 6. The van der Waals surface area contributed by atoms with Gasteiger partial charge >= 0.3 is 0 Å². The lowest BCUT2D eigenvalue weighted by Gasteiger charge is -2.31. The van der Waals surface area contributed by atoms with Crippen LogP contribution < -0.4 is 10.9 Å². The number of nitrogen functional groups attached to an aromatic ring is 1. The van der Waals surface area contributed by atoms with E-state index in [-0.39, 0.29) is 30.4 Å². The van der Waals surface area contributed by atoms with Crippen LogP contribution in [0.25, 0.3) is 0 Å². The highest BCUT2D eigenvalue weighted by Gasteiger charge is 2.32. The highest BCUT2D eigenvalue weighted by atomic mass is 32.2. The van der Waals surface area contributed by atoms with E-state index >= 15 is 0 Å². The van der Waals surface area contributed by atoms with Crippen molar-refractivity contribution in [1.29, 1.82) is 0 Å². The molecule has 0 spiro atoms. The number of nitrogens with zero attached hydrogens (tertiary/aromatic N) is 2. The first-order valence-corrected chi connectivity index (χ1v) is 9.15. The van der Waals surface area contributed by atoms with Crippen LogP contribution in [0.3, 0.4) is 0 Å². The molecule has 1 saturated heterocycles. The molecule has 0 aromatic carbocycles. The molecular weight excluding hydrogens is 312 g/mol. The monoisotopic (exact) mass is 326 g/mol. The molecule has 0 radical (unpaired) electrons. The van der Waals surface area contributed by atoms with Crippen LogP contribution in [-0.4, -0.2) is 51.6 Å². The maximum absolute atomic E-state index is 12.2. The van der Waals surface area contributed by atoms with Crippen molar-refractivity contribution in [2.45, 2.75) is 4.21 Å². The smallest absolute Gasteiger partial charge is 0.276 e. The van der Waals surface area contributed by atoms with Crippen molar-refractivity contribution in [2.24, 2.45) is 5.14 Å². The van der Waals surface area contributed by atoms with Gasteiger partial charge in [0.15, 0.2) is 0 Å². The number of hydrogen-bond donors (Lipinski definition) is 2. The van der Waals surface area contributed by atoms with E-state index in [1.165, 1.54) is 10.4 Å². The molecule has 11 heteroatoms. The summed E-state index contributed by atoms with van der Waals surface area (Å²) in [5.74, 6) is 0. The second-order valence-corrected chi connectivity index (χ2v) is 8.67. The molecule has 0 aliphatic carbocycles. The van der Waals surface area contributed by atoms with Crippen molar-refractivity contribution in [1.82, 2.24) is 8.61 Å². The summed E-state index contributed by atoms with van der Waals surface area (Å²) in [6, 6.07) is 1.39. The molecular formula is C8H14N4O4S3. The van der Waals surface area contributed by atoms with Gasteiger partial charge in [0.05, 0.1) is 0 Å². The standard InChI is InChI=1S/C8H14N4O4S3/c9-7-5-8(17-6-7)18(13,14)11-1-3-12(4-2-11)19(10,15)16/h5-6H,1-4,9H2,(H2,10,15,16). The average molecular weight is 326 g/mol. The van der Waals surface area contributed by atoms with Gasteiger partial charge < -0.3 is 5.73 Å². The molecule has 1 aliphatic rings. The lowest BCUT2D eigenvalue weighted by Crippen LogP contribution is -2.52. The van der Waals surface area contributed by atoms with Crippen molar-refractivity contribution >= 4 is 37.3 Å². The van der Waals surface area contributed by atoms with Crippen LogP contribution in [0.1, 0.15) is 0 Å². The summed E-state index contributed by atoms with van der Waals surface area (Å²) in [6.07, 6.45) is 0. The highest BCUT2D eigenvalue weighted by Crippen LogP contribution is 2.25. The molecule has 19 heavy (non-hydrogen) atoms. The first-order chi connectivity index (χ1) is 8.71. The van der Waals surface area contributed by atoms with Crippen molar-refractivity contribution in [3.8, 4) is 0 Å². The molecule has 0 unspecified atom stereocenters. The SMILES string of the molecule is Nc1csc(S(=O)(=O)N2CCN(S(N)(=O)=O)CC2)c1. The van der Waals surface area contributed by atoms with Gasteiger partial charge in [0.25, 0.3) is 20.2 Å². The van der Waals surface area contributed by atoms with E-state index in [9.17, 15) is 16.8 Å². The van der Waals surface area contributed by atoms with E-state index < -0.39 is 20.2 Å². The third-order valence-electron chi connectivity index (χ3n) is 2.75. The maximum atomic E-state index is 12.2. The van der Waals surface area contributed by atoms with Crippen LogP contribution in [-0.2, 0) is 20.2 Å². The third kappa shape index (κ3) is 3.07. The summed E-state index contributed by atoms with van der Waals surface area (Å²) in [6.45, 7) is 0.269. The zero-order valence-corrected chi connectivity index (χ0v) is 12.3. The number of rotatable bonds is 3. The van der Waals surface area contributed by atoms with Gasteiger partial charge in [-0.25, -0.2) is 13.6 Å².